The van der Waals surface area contributed by atoms with Gasteiger partial charge < -0.3 is 15.7 Å². The van der Waals surface area contributed by atoms with Crippen LogP contribution in [-0.4, -0.2) is 22.9 Å². The van der Waals surface area contributed by atoms with Crippen LogP contribution in [0.1, 0.15) is 60.8 Å². The second kappa shape index (κ2) is 9.40. The van der Waals surface area contributed by atoms with Crippen molar-refractivity contribution in [3.8, 4) is 0 Å². The minimum absolute atomic E-state index is 0.145. The zero-order valence-corrected chi connectivity index (χ0v) is 19.5. The summed E-state index contributed by atoms with van der Waals surface area (Å²) in [4.78, 5) is 37.5. The van der Waals surface area contributed by atoms with E-state index in [-0.39, 0.29) is 24.2 Å². The van der Waals surface area contributed by atoms with Gasteiger partial charge in [-0.3, -0.25) is 14.4 Å². The van der Waals surface area contributed by atoms with Crippen molar-refractivity contribution in [1.82, 2.24) is 0 Å². The fourth-order valence-corrected chi connectivity index (χ4v) is 5.33. The van der Waals surface area contributed by atoms with Crippen LogP contribution < -0.4 is 10.6 Å². The van der Waals surface area contributed by atoms with E-state index in [0.717, 1.165) is 29.7 Å². The van der Waals surface area contributed by atoms with E-state index in [4.69, 9.17) is 16.7 Å². The van der Waals surface area contributed by atoms with Gasteiger partial charge in [0.1, 0.15) is 5.00 Å². The molecule has 0 spiro atoms. The molecule has 1 aromatic carbocycles. The number of halogens is 1. The molecule has 0 unspecified atom stereocenters. The number of hydrogen-bond donors (Lipinski definition) is 3. The first-order chi connectivity index (χ1) is 14.6. The lowest BCUT2D eigenvalue weighted by Gasteiger charge is -2.33. The molecule has 1 aromatic heterocycles. The molecular weight excluding hydrogens is 436 g/mol. The van der Waals surface area contributed by atoms with E-state index < -0.39 is 11.9 Å². The van der Waals surface area contributed by atoms with Gasteiger partial charge in [-0.1, -0.05) is 44.5 Å². The van der Waals surface area contributed by atoms with Crippen LogP contribution in [0.4, 0.5) is 10.7 Å². The number of carbonyl (C=O) groups excluding carboxylic acids is 2. The summed E-state index contributed by atoms with van der Waals surface area (Å²) in [5.41, 5.74) is 2.06. The fourth-order valence-electron chi connectivity index (χ4n) is 3.81. The first kappa shape index (κ1) is 23.3. The Morgan fingerprint density at radius 2 is 1.87 bits per heavy atom. The number of thiophene rings is 1. The second-order valence-electron chi connectivity index (χ2n) is 8.89. The van der Waals surface area contributed by atoms with E-state index in [2.05, 4.69) is 31.4 Å². The molecule has 3 N–H and O–H groups in total. The molecule has 1 heterocycles. The number of hydrogen-bond acceptors (Lipinski definition) is 4. The average Bonchev–Trinajstić information content (AvgIpc) is 3.04. The minimum Gasteiger partial charge on any atom is -0.481 e. The van der Waals surface area contributed by atoms with Crippen LogP contribution in [-0.2, 0) is 22.4 Å². The lowest BCUT2D eigenvalue weighted by Crippen LogP contribution is -2.27. The Labute approximate surface area is 191 Å². The second-order valence-corrected chi connectivity index (χ2v) is 10.4. The molecule has 8 heteroatoms. The van der Waals surface area contributed by atoms with Gasteiger partial charge in [0.05, 0.1) is 22.7 Å². The summed E-state index contributed by atoms with van der Waals surface area (Å²) >= 11 is 7.61. The van der Waals surface area contributed by atoms with Gasteiger partial charge >= 0.3 is 5.97 Å². The van der Waals surface area contributed by atoms with Crippen LogP contribution in [0, 0.1) is 11.3 Å². The van der Waals surface area contributed by atoms with Gasteiger partial charge in [0.15, 0.2) is 0 Å². The summed E-state index contributed by atoms with van der Waals surface area (Å²) in [7, 11) is 0. The Hall–Kier alpha value is -2.38. The first-order valence-corrected chi connectivity index (χ1v) is 11.5. The third-order valence-corrected chi connectivity index (χ3v) is 7.16. The number of carboxylic acids is 1. The number of anilines is 2. The molecule has 0 fully saturated rings. The smallest absolute Gasteiger partial charge is 0.303 e. The number of nitrogens with one attached hydrogen (secondary N) is 2. The van der Waals surface area contributed by atoms with E-state index in [9.17, 15) is 14.4 Å². The van der Waals surface area contributed by atoms with Crippen LogP contribution in [0.5, 0.6) is 0 Å². The lowest BCUT2D eigenvalue weighted by atomic mass is 9.72. The molecule has 1 aliphatic carbocycles. The van der Waals surface area contributed by atoms with E-state index >= 15 is 0 Å². The molecule has 1 atom stereocenters. The van der Waals surface area contributed by atoms with E-state index in [1.54, 1.807) is 24.3 Å². The maximum Gasteiger partial charge on any atom is 0.303 e. The number of amides is 2. The quantitative estimate of drug-likeness (QED) is 0.520. The summed E-state index contributed by atoms with van der Waals surface area (Å²) in [6.07, 6.45) is 2.16. The molecular formula is C23H27ClN2O4S. The lowest BCUT2D eigenvalue weighted by molar-refractivity contribution is -0.138. The normalized spacial score (nSPS) is 15.8. The Balaban J connectivity index is 1.92. The molecule has 2 aromatic rings. The summed E-state index contributed by atoms with van der Waals surface area (Å²) in [5.74, 6) is -1.30. The number of carbonyl (C=O) groups is 3. The highest BCUT2D eigenvalue weighted by molar-refractivity contribution is 7.17. The Morgan fingerprint density at radius 1 is 1.16 bits per heavy atom. The molecule has 166 valence electrons. The third kappa shape index (κ3) is 5.66. The molecule has 0 saturated heterocycles. The van der Waals surface area contributed by atoms with Crippen LogP contribution in [0.15, 0.2) is 24.3 Å². The van der Waals surface area contributed by atoms with E-state index in [1.165, 1.54) is 11.3 Å². The topological polar surface area (TPSA) is 95.5 Å². The Morgan fingerprint density at radius 3 is 2.52 bits per heavy atom. The predicted octanol–water partition coefficient (Wildman–Crippen LogP) is 5.61. The van der Waals surface area contributed by atoms with Crippen molar-refractivity contribution in [1.29, 1.82) is 0 Å². The Kier molecular flexibility index (Phi) is 7.06. The SMILES string of the molecule is CC(C)(C)[C@@H]1CCc2c(sc(NC(=O)CCC(=O)O)c2C(=O)Nc2ccccc2Cl)C1. The van der Waals surface area contributed by atoms with Gasteiger partial charge in [0, 0.05) is 11.3 Å². The van der Waals surface area contributed by atoms with Crippen LogP contribution in [0.25, 0.3) is 0 Å². The monoisotopic (exact) mass is 462 g/mol. The number of rotatable bonds is 6. The summed E-state index contributed by atoms with van der Waals surface area (Å²) in [6, 6.07) is 6.99. The molecule has 0 saturated carbocycles. The molecule has 3 rings (SSSR count). The fraction of sp³-hybridized carbons (Fsp3) is 0.435. The number of aliphatic carboxylic acids is 1. The van der Waals surface area contributed by atoms with Crippen molar-refractivity contribution in [2.75, 3.05) is 10.6 Å². The zero-order valence-electron chi connectivity index (χ0n) is 17.9. The standard InChI is InChI=1S/C23H27ClN2O4S/c1-23(2,3)13-8-9-14-17(12-13)31-22(26-18(27)10-11-19(28)29)20(14)21(30)25-16-7-5-4-6-15(16)24/h4-7,13H,8-12H2,1-3H3,(H,25,30)(H,26,27)(H,28,29)/t13-/m1/s1. The highest BCUT2D eigenvalue weighted by atomic mass is 35.5. The summed E-state index contributed by atoms with van der Waals surface area (Å²) in [6.45, 7) is 6.65. The van der Waals surface area contributed by atoms with Crippen LogP contribution >= 0.6 is 22.9 Å². The molecule has 0 bridgehead atoms. The maximum absolute atomic E-state index is 13.2. The predicted molar refractivity (Wildman–Crippen MR) is 124 cm³/mol. The number of carboxylic acid groups (broad SMARTS) is 1. The van der Waals surface area contributed by atoms with Gasteiger partial charge in [-0.05, 0) is 48.3 Å². The molecule has 0 aliphatic heterocycles. The van der Waals surface area contributed by atoms with Crippen molar-refractivity contribution >= 4 is 51.4 Å². The van der Waals surface area contributed by atoms with Gasteiger partial charge in [0.25, 0.3) is 5.91 Å². The van der Waals surface area contributed by atoms with Crippen molar-refractivity contribution in [3.05, 3.63) is 45.3 Å². The van der Waals surface area contributed by atoms with Gasteiger partial charge in [-0.25, -0.2) is 0 Å². The maximum atomic E-state index is 13.2. The molecule has 1 aliphatic rings. The van der Waals surface area contributed by atoms with Crippen molar-refractivity contribution < 1.29 is 19.5 Å². The van der Waals surface area contributed by atoms with Crippen molar-refractivity contribution in [2.45, 2.75) is 52.9 Å². The zero-order chi connectivity index (χ0) is 22.8. The highest BCUT2D eigenvalue weighted by Gasteiger charge is 2.34. The number of benzene rings is 1. The van der Waals surface area contributed by atoms with Gasteiger partial charge in [0.2, 0.25) is 5.91 Å². The van der Waals surface area contributed by atoms with Gasteiger partial charge in [-0.2, -0.15) is 0 Å². The summed E-state index contributed by atoms with van der Waals surface area (Å²) in [5, 5.41) is 15.4. The highest BCUT2D eigenvalue weighted by Crippen LogP contribution is 2.44. The van der Waals surface area contributed by atoms with Crippen molar-refractivity contribution in [2.24, 2.45) is 11.3 Å². The average molecular weight is 463 g/mol. The molecule has 6 nitrogen and oxygen atoms in total. The Bertz CT molecular complexity index is 1010. The minimum atomic E-state index is -1.04. The first-order valence-electron chi connectivity index (χ1n) is 10.3. The number of fused-ring (bicyclic) bond motifs is 1. The largest absolute Gasteiger partial charge is 0.481 e. The number of para-hydroxylation sites is 1. The molecule has 2 amide bonds. The molecule has 31 heavy (non-hydrogen) atoms. The molecule has 0 radical (unpaired) electrons. The van der Waals surface area contributed by atoms with Gasteiger partial charge in [-0.15, -0.1) is 11.3 Å². The van der Waals surface area contributed by atoms with Crippen molar-refractivity contribution in [3.63, 3.8) is 0 Å². The third-order valence-electron chi connectivity index (χ3n) is 5.66. The van der Waals surface area contributed by atoms with E-state index in [1.807, 2.05) is 0 Å². The van der Waals surface area contributed by atoms with E-state index in [0.29, 0.717) is 27.2 Å². The van der Waals surface area contributed by atoms with Crippen LogP contribution in [0.2, 0.25) is 5.02 Å². The van der Waals surface area contributed by atoms with Crippen LogP contribution in [0.3, 0.4) is 0 Å². The summed E-state index contributed by atoms with van der Waals surface area (Å²) < 4.78 is 0.